The number of rotatable bonds is 10. The molecule has 166 valence electrons. The van der Waals surface area contributed by atoms with Crippen LogP contribution in [-0.4, -0.2) is 43.8 Å². The predicted octanol–water partition coefficient (Wildman–Crippen LogP) is 4.08. The minimum absolute atomic E-state index is 0.0315. The highest BCUT2D eigenvalue weighted by Gasteiger charge is 2.20. The van der Waals surface area contributed by atoms with Gasteiger partial charge in [-0.1, -0.05) is 0 Å². The Morgan fingerprint density at radius 1 is 1.19 bits per heavy atom. The highest BCUT2D eigenvalue weighted by molar-refractivity contribution is 7.89. The Hall–Kier alpha value is -2.14. The number of amides is 1. The summed E-state index contributed by atoms with van der Waals surface area (Å²) in [5.41, 5.74) is 0.988. The minimum atomic E-state index is -3.69. The quantitative estimate of drug-likeness (QED) is 0.473. The third-order valence-corrected chi connectivity index (χ3v) is 8.44. The van der Waals surface area contributed by atoms with Gasteiger partial charge in [0.1, 0.15) is 5.82 Å². The number of sulfonamides is 1. The Labute approximate surface area is 189 Å². The van der Waals surface area contributed by atoms with E-state index in [1.54, 1.807) is 22.7 Å². The van der Waals surface area contributed by atoms with E-state index in [4.69, 9.17) is 0 Å². The van der Waals surface area contributed by atoms with Crippen molar-refractivity contribution in [1.29, 1.82) is 0 Å². The first-order chi connectivity index (χ1) is 14.8. The number of benzene rings is 1. The van der Waals surface area contributed by atoms with Crippen LogP contribution in [0.4, 0.5) is 4.39 Å². The number of thiazole rings is 1. The molecule has 6 nitrogen and oxygen atoms in total. The van der Waals surface area contributed by atoms with Crippen LogP contribution in [-0.2, 0) is 21.2 Å². The van der Waals surface area contributed by atoms with Gasteiger partial charge in [-0.05, 0) is 56.2 Å². The summed E-state index contributed by atoms with van der Waals surface area (Å²) in [6.45, 7) is 2.71. The maximum absolute atomic E-state index is 13.0. The summed E-state index contributed by atoms with van der Waals surface area (Å²) in [6, 6.07) is 8.80. The molecule has 0 aliphatic carbocycles. The molecule has 1 N–H and O–H groups in total. The number of hydrogen-bond donors (Lipinski definition) is 1. The fourth-order valence-corrected chi connectivity index (χ4v) is 5.77. The molecule has 0 unspecified atom stereocenters. The number of nitrogens with zero attached hydrogens (tertiary/aromatic N) is 2. The zero-order valence-electron chi connectivity index (χ0n) is 17.3. The zero-order chi connectivity index (χ0) is 22.4. The summed E-state index contributed by atoms with van der Waals surface area (Å²) in [5.74, 6) is -0.602. The summed E-state index contributed by atoms with van der Waals surface area (Å²) in [4.78, 5) is 18.9. The van der Waals surface area contributed by atoms with Crippen molar-refractivity contribution in [3.05, 3.63) is 57.5 Å². The van der Waals surface area contributed by atoms with E-state index in [0.717, 1.165) is 34.1 Å². The second-order valence-corrected chi connectivity index (χ2v) is 11.3. The van der Waals surface area contributed by atoms with E-state index < -0.39 is 15.8 Å². The average molecular weight is 482 g/mol. The maximum atomic E-state index is 13.0. The molecular weight excluding hydrogens is 457 g/mol. The van der Waals surface area contributed by atoms with Gasteiger partial charge in [0.15, 0.2) is 0 Å². The molecule has 0 fully saturated rings. The summed E-state index contributed by atoms with van der Waals surface area (Å²) in [7, 11) is -2.24. The number of nitrogens with one attached hydrogen (secondary N) is 1. The van der Waals surface area contributed by atoms with Gasteiger partial charge in [0, 0.05) is 36.8 Å². The Balaban J connectivity index is 1.38. The van der Waals surface area contributed by atoms with Crippen LogP contribution in [0.3, 0.4) is 0 Å². The first-order valence-corrected chi connectivity index (χ1v) is 12.9. The van der Waals surface area contributed by atoms with Crippen LogP contribution in [0.15, 0.2) is 46.7 Å². The first kappa shape index (κ1) is 23.5. The molecule has 3 aromatic rings. The number of aromatic nitrogens is 1. The van der Waals surface area contributed by atoms with Crippen molar-refractivity contribution in [1.82, 2.24) is 14.6 Å². The third-order valence-electron chi connectivity index (χ3n) is 4.63. The molecule has 0 radical (unpaired) electrons. The van der Waals surface area contributed by atoms with E-state index in [0.29, 0.717) is 13.0 Å². The van der Waals surface area contributed by atoms with Crippen molar-refractivity contribution in [2.45, 2.75) is 31.1 Å². The van der Waals surface area contributed by atoms with Crippen LogP contribution in [0.25, 0.3) is 10.6 Å². The molecule has 1 aromatic carbocycles. The highest BCUT2D eigenvalue weighted by atomic mass is 32.2. The van der Waals surface area contributed by atoms with Gasteiger partial charge in [-0.15, -0.1) is 22.7 Å². The smallest absolute Gasteiger partial charge is 0.242 e. The van der Waals surface area contributed by atoms with Gasteiger partial charge in [-0.3, -0.25) is 4.79 Å². The van der Waals surface area contributed by atoms with E-state index >= 15 is 0 Å². The lowest BCUT2D eigenvalue weighted by Crippen LogP contribution is -2.30. The van der Waals surface area contributed by atoms with Gasteiger partial charge in [0.05, 0.1) is 20.5 Å². The Kier molecular flexibility index (Phi) is 7.93. The molecule has 0 aliphatic rings. The number of carbonyl (C=O) groups is 1. The zero-order valence-corrected chi connectivity index (χ0v) is 19.7. The summed E-state index contributed by atoms with van der Waals surface area (Å²) >= 11 is 3.29. The van der Waals surface area contributed by atoms with Gasteiger partial charge in [0.25, 0.3) is 0 Å². The molecule has 2 heterocycles. The van der Waals surface area contributed by atoms with E-state index in [1.807, 2.05) is 18.4 Å². The van der Waals surface area contributed by atoms with E-state index in [-0.39, 0.29) is 23.8 Å². The van der Waals surface area contributed by atoms with Crippen molar-refractivity contribution in [2.75, 3.05) is 20.1 Å². The molecule has 10 heteroatoms. The lowest BCUT2D eigenvalue weighted by atomic mass is 10.3. The molecule has 0 saturated carbocycles. The van der Waals surface area contributed by atoms with E-state index in [9.17, 15) is 17.6 Å². The van der Waals surface area contributed by atoms with Gasteiger partial charge in [-0.2, -0.15) is 0 Å². The van der Waals surface area contributed by atoms with Crippen molar-refractivity contribution >= 4 is 38.6 Å². The second kappa shape index (κ2) is 10.4. The summed E-state index contributed by atoms with van der Waals surface area (Å²) in [5, 5.41) is 5.96. The van der Waals surface area contributed by atoms with Crippen molar-refractivity contribution < 1.29 is 17.6 Å². The lowest BCUT2D eigenvalue weighted by Gasteiger charge is -2.17. The number of hydrogen-bond acceptors (Lipinski definition) is 6. The normalized spacial score (nSPS) is 11.7. The molecular formula is C21H24FN3O3S3. The number of aryl methyl sites for hydroxylation is 1. The molecule has 1 amide bonds. The van der Waals surface area contributed by atoms with Gasteiger partial charge in [0.2, 0.25) is 15.9 Å². The van der Waals surface area contributed by atoms with Crippen LogP contribution in [0.5, 0.6) is 0 Å². The summed E-state index contributed by atoms with van der Waals surface area (Å²) < 4.78 is 39.1. The van der Waals surface area contributed by atoms with Crippen LogP contribution in [0.2, 0.25) is 0 Å². The van der Waals surface area contributed by atoms with Crippen molar-refractivity contribution in [2.24, 2.45) is 0 Å². The number of carbonyl (C=O) groups excluding carboxylic acids is 1. The Morgan fingerprint density at radius 2 is 1.94 bits per heavy atom. The largest absolute Gasteiger partial charge is 0.356 e. The molecule has 0 spiro atoms. The number of halogens is 1. The van der Waals surface area contributed by atoms with Crippen molar-refractivity contribution in [3.8, 4) is 10.6 Å². The Morgan fingerprint density at radius 3 is 2.61 bits per heavy atom. The van der Waals surface area contributed by atoms with Crippen molar-refractivity contribution in [3.63, 3.8) is 0 Å². The first-order valence-electron chi connectivity index (χ1n) is 9.75. The third kappa shape index (κ3) is 6.42. The molecule has 0 saturated heterocycles. The lowest BCUT2D eigenvalue weighted by molar-refractivity contribution is -0.121. The van der Waals surface area contributed by atoms with Gasteiger partial charge < -0.3 is 5.32 Å². The monoisotopic (exact) mass is 481 g/mol. The Bertz CT molecular complexity index is 1120. The van der Waals surface area contributed by atoms with Crippen LogP contribution in [0.1, 0.15) is 22.7 Å². The highest BCUT2D eigenvalue weighted by Crippen LogP contribution is 2.29. The SMILES string of the molecule is Cc1nc(-c2ccc(CCNC(=O)CCCN(C)S(=O)(=O)c3ccc(F)cc3)s2)cs1. The average Bonchev–Trinajstić information content (AvgIpc) is 3.37. The van der Waals surface area contributed by atoms with Gasteiger partial charge >= 0.3 is 0 Å². The molecule has 0 atom stereocenters. The summed E-state index contributed by atoms with van der Waals surface area (Å²) in [6.07, 6.45) is 1.37. The molecule has 0 bridgehead atoms. The maximum Gasteiger partial charge on any atom is 0.242 e. The van der Waals surface area contributed by atoms with E-state index in [2.05, 4.69) is 16.4 Å². The topological polar surface area (TPSA) is 79.4 Å². The van der Waals surface area contributed by atoms with Gasteiger partial charge in [-0.25, -0.2) is 22.1 Å². The second-order valence-electron chi connectivity index (χ2n) is 7.00. The predicted molar refractivity (Wildman–Crippen MR) is 122 cm³/mol. The standard InChI is InChI=1S/C21H24FN3O3S3/c1-15-24-19(14-29-15)20-10-7-17(30-20)11-12-23-21(26)4-3-13-25(2)31(27,28)18-8-5-16(22)6-9-18/h5-10,14H,3-4,11-13H2,1-2H3,(H,23,26). The molecule has 31 heavy (non-hydrogen) atoms. The minimum Gasteiger partial charge on any atom is -0.356 e. The van der Waals surface area contributed by atoms with Crippen LogP contribution >= 0.6 is 22.7 Å². The van der Waals surface area contributed by atoms with E-state index in [1.165, 1.54) is 28.4 Å². The van der Waals surface area contributed by atoms with Crippen LogP contribution < -0.4 is 5.32 Å². The molecule has 3 rings (SSSR count). The fraction of sp³-hybridized carbons (Fsp3) is 0.333. The molecule has 0 aliphatic heterocycles. The van der Waals surface area contributed by atoms with Crippen LogP contribution in [0, 0.1) is 12.7 Å². The molecule has 2 aromatic heterocycles. The number of thiophene rings is 1. The fourth-order valence-electron chi connectivity index (χ4n) is 2.91.